The maximum absolute atomic E-state index is 10.2. The molecule has 0 amide bonds. The molecule has 0 spiro atoms. The molecule has 0 saturated heterocycles. The summed E-state index contributed by atoms with van der Waals surface area (Å²) in [5.41, 5.74) is 0.525. The predicted octanol–water partition coefficient (Wildman–Crippen LogP) is 0.0327. The second kappa shape index (κ2) is 3.75. The van der Waals surface area contributed by atoms with Crippen LogP contribution in [0.1, 0.15) is 16.1 Å². The van der Waals surface area contributed by atoms with Gasteiger partial charge in [0.1, 0.15) is 11.8 Å². The van der Waals surface area contributed by atoms with E-state index in [0.29, 0.717) is 5.69 Å². The molecular weight excluding hydrogens is 145 g/mol. The molecular formula is C5H6NNaO3. The van der Waals surface area contributed by atoms with Crippen LogP contribution in [-0.2, 0) is 0 Å². The second-order valence-electron chi connectivity index (χ2n) is 1.62. The van der Waals surface area contributed by atoms with E-state index in [1.807, 2.05) is 0 Å². The fraction of sp³-hybridized carbons (Fsp3) is 0.200. The van der Waals surface area contributed by atoms with Crippen molar-refractivity contribution in [3.05, 3.63) is 17.5 Å². The van der Waals surface area contributed by atoms with E-state index in [0.717, 1.165) is 6.26 Å². The first-order valence-corrected chi connectivity index (χ1v) is 2.36. The summed E-state index contributed by atoms with van der Waals surface area (Å²) in [6, 6.07) is 0. The fourth-order valence-electron chi connectivity index (χ4n) is 0.498. The van der Waals surface area contributed by atoms with Crippen LogP contribution in [0.15, 0.2) is 10.8 Å². The molecule has 0 atom stereocenters. The monoisotopic (exact) mass is 151 g/mol. The van der Waals surface area contributed by atoms with Gasteiger partial charge in [0, 0.05) is 0 Å². The summed E-state index contributed by atoms with van der Waals surface area (Å²) in [5.74, 6) is -1.01. The summed E-state index contributed by atoms with van der Waals surface area (Å²) in [5, 5.41) is 11.7. The number of carboxylic acid groups (broad SMARTS) is 1. The van der Waals surface area contributed by atoms with Crippen molar-refractivity contribution in [2.24, 2.45) is 0 Å². The van der Waals surface area contributed by atoms with Crippen molar-refractivity contribution >= 4 is 35.5 Å². The van der Waals surface area contributed by atoms with Crippen LogP contribution in [0.5, 0.6) is 0 Å². The summed E-state index contributed by atoms with van der Waals surface area (Å²) < 4.78 is 4.38. The van der Waals surface area contributed by atoms with Gasteiger partial charge in [-0.2, -0.15) is 0 Å². The normalized spacial score (nSPS) is 8.50. The molecule has 4 nitrogen and oxygen atoms in total. The molecule has 0 bridgehead atoms. The molecule has 1 N–H and O–H groups in total. The van der Waals surface area contributed by atoms with E-state index >= 15 is 0 Å². The van der Waals surface area contributed by atoms with Crippen LogP contribution in [-0.4, -0.2) is 45.8 Å². The molecule has 0 unspecified atom stereocenters. The van der Waals surface area contributed by atoms with E-state index in [2.05, 4.69) is 9.68 Å². The number of aromatic carboxylic acids is 1. The summed E-state index contributed by atoms with van der Waals surface area (Å²) in [6.07, 6.45) is 1.11. The van der Waals surface area contributed by atoms with Crippen molar-refractivity contribution in [3.63, 3.8) is 0 Å². The van der Waals surface area contributed by atoms with Gasteiger partial charge in [-0.1, -0.05) is 5.16 Å². The Kier molecular flexibility index (Phi) is 3.63. The minimum atomic E-state index is -1.01. The van der Waals surface area contributed by atoms with E-state index in [4.69, 9.17) is 5.11 Å². The zero-order chi connectivity index (χ0) is 6.85. The molecule has 1 aromatic rings. The van der Waals surface area contributed by atoms with Crippen LogP contribution in [0.3, 0.4) is 0 Å². The summed E-state index contributed by atoms with van der Waals surface area (Å²) in [7, 11) is 0. The van der Waals surface area contributed by atoms with Gasteiger partial charge >= 0.3 is 35.5 Å². The Hall–Kier alpha value is -0.320. The van der Waals surface area contributed by atoms with Crippen LogP contribution in [0.2, 0.25) is 0 Å². The van der Waals surface area contributed by atoms with Crippen molar-refractivity contribution in [2.75, 3.05) is 0 Å². The minimum absolute atomic E-state index is 0. The molecule has 1 aromatic heterocycles. The van der Waals surface area contributed by atoms with Gasteiger partial charge in [0.15, 0.2) is 0 Å². The Morgan fingerprint density at radius 2 is 2.40 bits per heavy atom. The first kappa shape index (κ1) is 9.68. The van der Waals surface area contributed by atoms with Crippen molar-refractivity contribution in [1.29, 1.82) is 0 Å². The van der Waals surface area contributed by atoms with E-state index in [-0.39, 0.29) is 35.1 Å². The first-order chi connectivity index (χ1) is 4.22. The zero-order valence-electron chi connectivity index (χ0n) is 4.79. The summed E-state index contributed by atoms with van der Waals surface area (Å²) in [6.45, 7) is 1.58. The third kappa shape index (κ3) is 1.83. The average Bonchev–Trinajstić information content (AvgIpc) is 2.13. The van der Waals surface area contributed by atoms with Crippen LogP contribution in [0.4, 0.5) is 0 Å². The fourth-order valence-corrected chi connectivity index (χ4v) is 0.498. The van der Waals surface area contributed by atoms with Crippen LogP contribution in [0, 0.1) is 6.92 Å². The number of nitrogens with zero attached hydrogens (tertiary/aromatic N) is 1. The Balaban J connectivity index is 0.000000810. The van der Waals surface area contributed by atoms with E-state index in [9.17, 15) is 4.79 Å². The quantitative estimate of drug-likeness (QED) is 0.575. The van der Waals surface area contributed by atoms with Crippen molar-refractivity contribution < 1.29 is 14.4 Å². The summed E-state index contributed by atoms with van der Waals surface area (Å²) in [4.78, 5) is 10.2. The standard InChI is InChI=1S/C5H5NO3.Na.H/c1-3-4(5(7)8)2-9-6-3;;/h2H,1H3,(H,7,8);;. The van der Waals surface area contributed by atoms with E-state index < -0.39 is 5.97 Å². The Bertz CT molecular complexity index is 233. The number of hydrogen-bond donors (Lipinski definition) is 1. The molecule has 0 radical (unpaired) electrons. The Morgan fingerprint density at radius 1 is 1.80 bits per heavy atom. The third-order valence-electron chi connectivity index (χ3n) is 0.980. The van der Waals surface area contributed by atoms with Gasteiger partial charge in [0.25, 0.3) is 0 Å². The van der Waals surface area contributed by atoms with Crippen molar-refractivity contribution in [3.8, 4) is 0 Å². The van der Waals surface area contributed by atoms with Crippen molar-refractivity contribution in [1.82, 2.24) is 5.16 Å². The number of carbonyl (C=O) groups is 1. The van der Waals surface area contributed by atoms with Crippen LogP contribution in [0.25, 0.3) is 0 Å². The Morgan fingerprint density at radius 3 is 2.60 bits per heavy atom. The van der Waals surface area contributed by atoms with Crippen molar-refractivity contribution in [2.45, 2.75) is 6.92 Å². The van der Waals surface area contributed by atoms with Crippen LogP contribution < -0.4 is 0 Å². The maximum atomic E-state index is 10.2. The van der Waals surface area contributed by atoms with E-state index in [1.165, 1.54) is 0 Å². The molecule has 5 heteroatoms. The van der Waals surface area contributed by atoms with E-state index in [1.54, 1.807) is 6.92 Å². The number of rotatable bonds is 1. The Labute approximate surface area is 79.5 Å². The molecule has 0 aliphatic heterocycles. The van der Waals surface area contributed by atoms with Gasteiger partial charge in [-0.3, -0.25) is 0 Å². The van der Waals surface area contributed by atoms with Gasteiger partial charge in [0.2, 0.25) is 0 Å². The molecule has 1 rings (SSSR count). The average molecular weight is 151 g/mol. The molecule has 1 heterocycles. The first-order valence-electron chi connectivity index (χ1n) is 2.36. The molecule has 10 heavy (non-hydrogen) atoms. The third-order valence-corrected chi connectivity index (χ3v) is 0.980. The van der Waals surface area contributed by atoms with Gasteiger partial charge in [0.05, 0.1) is 5.69 Å². The molecule has 0 fully saturated rings. The molecule has 0 aromatic carbocycles. The summed E-state index contributed by atoms with van der Waals surface area (Å²) >= 11 is 0. The predicted molar refractivity (Wildman–Crippen MR) is 35.3 cm³/mol. The van der Waals surface area contributed by atoms with Gasteiger partial charge < -0.3 is 9.63 Å². The molecule has 0 saturated carbocycles. The second-order valence-corrected chi connectivity index (χ2v) is 1.62. The molecule has 50 valence electrons. The molecule has 0 aliphatic carbocycles. The topological polar surface area (TPSA) is 63.3 Å². The number of aryl methyl sites for hydroxylation is 1. The molecule has 0 aliphatic rings. The number of aromatic nitrogens is 1. The van der Waals surface area contributed by atoms with Gasteiger partial charge in [-0.15, -0.1) is 0 Å². The van der Waals surface area contributed by atoms with Gasteiger partial charge in [-0.05, 0) is 6.92 Å². The SMILES string of the molecule is Cc1nocc1C(=O)O.[NaH]. The number of carboxylic acids is 1. The zero-order valence-corrected chi connectivity index (χ0v) is 4.79. The van der Waals surface area contributed by atoms with Crippen LogP contribution >= 0.6 is 0 Å². The number of hydrogen-bond acceptors (Lipinski definition) is 3. The van der Waals surface area contributed by atoms with Gasteiger partial charge in [-0.25, -0.2) is 4.79 Å².